The summed E-state index contributed by atoms with van der Waals surface area (Å²) in [5, 5.41) is 0.232. The van der Waals surface area contributed by atoms with Crippen molar-refractivity contribution in [3.63, 3.8) is 0 Å². The van der Waals surface area contributed by atoms with E-state index in [0.29, 0.717) is 0 Å². The minimum atomic E-state index is -0.648. The van der Waals surface area contributed by atoms with Crippen LogP contribution in [0.5, 0.6) is 0 Å². The van der Waals surface area contributed by atoms with Gasteiger partial charge in [0.15, 0.2) is 5.82 Å². The molecule has 0 aliphatic carbocycles. The molecule has 0 amide bonds. The van der Waals surface area contributed by atoms with Gasteiger partial charge in [0, 0.05) is 0 Å². The van der Waals surface area contributed by atoms with Gasteiger partial charge in [-0.1, -0.05) is 23.2 Å². The molecule has 80 valence electrons. The van der Waals surface area contributed by atoms with E-state index in [9.17, 15) is 4.79 Å². The number of aromatic nitrogens is 1. The predicted molar refractivity (Wildman–Crippen MR) is 57.9 cm³/mol. The molecule has 0 spiro atoms. The van der Waals surface area contributed by atoms with E-state index in [0.717, 1.165) is 6.34 Å². The predicted octanol–water partition coefficient (Wildman–Crippen LogP) is 1.79. The third-order valence-electron chi connectivity index (χ3n) is 1.51. The fourth-order valence-corrected chi connectivity index (χ4v) is 1.44. The maximum atomic E-state index is 11.3. The van der Waals surface area contributed by atoms with Gasteiger partial charge in [0.2, 0.25) is 0 Å². The highest BCUT2D eigenvalue weighted by Gasteiger charge is 2.18. The van der Waals surface area contributed by atoms with Crippen LogP contribution in [0.2, 0.25) is 10.2 Å². The summed E-state index contributed by atoms with van der Waals surface area (Å²) in [5.41, 5.74) is 5.13. The van der Waals surface area contributed by atoms with Crippen molar-refractivity contribution >= 4 is 41.3 Å². The van der Waals surface area contributed by atoms with E-state index in [1.807, 2.05) is 0 Å². The van der Waals surface area contributed by atoms with Gasteiger partial charge >= 0.3 is 5.97 Å². The first-order valence-corrected chi connectivity index (χ1v) is 4.54. The number of aliphatic imine (C=N–C) groups is 1. The molecule has 0 aromatic carbocycles. The minimum Gasteiger partial charge on any atom is -0.465 e. The lowest BCUT2D eigenvalue weighted by molar-refractivity contribution is 0.0601. The van der Waals surface area contributed by atoms with Gasteiger partial charge in [-0.15, -0.1) is 0 Å². The van der Waals surface area contributed by atoms with Crippen LogP contribution in [0.25, 0.3) is 0 Å². The smallest absolute Gasteiger partial charge is 0.343 e. The maximum Gasteiger partial charge on any atom is 0.343 e. The highest BCUT2D eigenvalue weighted by atomic mass is 35.5. The van der Waals surface area contributed by atoms with Crippen molar-refractivity contribution < 1.29 is 9.53 Å². The topological polar surface area (TPSA) is 77.6 Å². The van der Waals surface area contributed by atoms with Crippen molar-refractivity contribution in [2.45, 2.75) is 0 Å². The zero-order chi connectivity index (χ0) is 11.4. The summed E-state index contributed by atoms with van der Waals surface area (Å²) in [6.45, 7) is 0. The Balaban J connectivity index is 3.39. The molecule has 0 fully saturated rings. The summed E-state index contributed by atoms with van der Waals surface area (Å²) in [4.78, 5) is 18.8. The Morgan fingerprint density at radius 1 is 1.67 bits per heavy atom. The molecule has 15 heavy (non-hydrogen) atoms. The Bertz CT molecular complexity index is 421. The number of pyridine rings is 1. The Hall–Kier alpha value is -1.33. The van der Waals surface area contributed by atoms with Crippen molar-refractivity contribution in [1.82, 2.24) is 4.98 Å². The molecule has 0 atom stereocenters. The standard InChI is InChI=1S/C8H7Cl2N3O2/c1-15-8(14)6-4(9)2-5(10)13-7(6)12-3-11/h2-3H,1H3,(H2,11,12,13). The molecule has 0 saturated carbocycles. The van der Waals surface area contributed by atoms with Gasteiger partial charge in [-0.2, -0.15) is 0 Å². The fraction of sp³-hybridized carbons (Fsp3) is 0.125. The van der Waals surface area contributed by atoms with Crippen LogP contribution in [0.1, 0.15) is 10.4 Å². The van der Waals surface area contributed by atoms with Crippen LogP contribution in [0.4, 0.5) is 5.82 Å². The summed E-state index contributed by atoms with van der Waals surface area (Å²) >= 11 is 11.4. The molecule has 0 aliphatic rings. The van der Waals surface area contributed by atoms with Gasteiger partial charge in [-0.25, -0.2) is 14.8 Å². The molecular formula is C8H7Cl2N3O2. The number of hydrogen-bond acceptors (Lipinski definition) is 4. The Morgan fingerprint density at radius 3 is 2.87 bits per heavy atom. The first kappa shape index (κ1) is 11.7. The number of halogens is 2. The van der Waals surface area contributed by atoms with Gasteiger partial charge in [0.1, 0.15) is 10.7 Å². The van der Waals surface area contributed by atoms with Crippen molar-refractivity contribution in [2.75, 3.05) is 7.11 Å². The van der Waals surface area contributed by atoms with Gasteiger partial charge in [0.25, 0.3) is 0 Å². The Kier molecular flexibility index (Phi) is 3.88. The minimum absolute atomic E-state index is 0.0295. The molecule has 0 bridgehead atoms. The third-order valence-corrected chi connectivity index (χ3v) is 2.00. The normalized spacial score (nSPS) is 10.6. The van der Waals surface area contributed by atoms with Gasteiger partial charge < -0.3 is 10.5 Å². The summed E-state index contributed by atoms with van der Waals surface area (Å²) in [6, 6.07) is 1.32. The number of rotatable bonds is 2. The highest BCUT2D eigenvalue weighted by Crippen LogP contribution is 2.28. The van der Waals surface area contributed by atoms with Crippen molar-refractivity contribution in [2.24, 2.45) is 10.7 Å². The van der Waals surface area contributed by atoms with E-state index in [1.54, 1.807) is 0 Å². The maximum absolute atomic E-state index is 11.3. The molecule has 0 radical (unpaired) electrons. The summed E-state index contributed by atoms with van der Waals surface area (Å²) < 4.78 is 4.52. The van der Waals surface area contributed by atoms with Gasteiger partial charge in [-0.3, -0.25) is 0 Å². The van der Waals surface area contributed by atoms with Crippen LogP contribution >= 0.6 is 23.2 Å². The average Bonchev–Trinajstić information content (AvgIpc) is 2.16. The van der Waals surface area contributed by atoms with E-state index in [2.05, 4.69) is 14.7 Å². The molecule has 2 N–H and O–H groups in total. The SMILES string of the molecule is COC(=O)c1c(Cl)cc(Cl)nc1N=CN. The number of ether oxygens (including phenoxy) is 1. The summed E-state index contributed by atoms with van der Waals surface area (Å²) in [5.74, 6) is -0.619. The zero-order valence-corrected chi connectivity index (χ0v) is 9.21. The lowest BCUT2D eigenvalue weighted by Crippen LogP contribution is -2.04. The third kappa shape index (κ3) is 2.57. The number of carbonyl (C=O) groups excluding carboxylic acids is 1. The molecule has 5 nitrogen and oxygen atoms in total. The molecule has 1 aromatic heterocycles. The van der Waals surface area contributed by atoms with Crippen LogP contribution in [-0.4, -0.2) is 24.4 Å². The molecule has 1 heterocycles. The Labute approximate surface area is 95.9 Å². The van der Waals surface area contributed by atoms with Gasteiger partial charge in [0.05, 0.1) is 18.5 Å². The van der Waals surface area contributed by atoms with Crippen LogP contribution < -0.4 is 5.73 Å². The van der Waals surface area contributed by atoms with Gasteiger partial charge in [-0.05, 0) is 6.07 Å². The van der Waals surface area contributed by atoms with Crippen LogP contribution in [0.3, 0.4) is 0 Å². The first-order valence-electron chi connectivity index (χ1n) is 3.78. The van der Waals surface area contributed by atoms with E-state index in [1.165, 1.54) is 13.2 Å². The quantitative estimate of drug-likeness (QED) is 0.374. The van der Waals surface area contributed by atoms with Crippen LogP contribution in [0.15, 0.2) is 11.1 Å². The second-order valence-corrected chi connectivity index (χ2v) is 3.19. The number of nitrogens with two attached hydrogens (primary N) is 1. The fourth-order valence-electron chi connectivity index (χ4n) is 0.928. The molecule has 1 aromatic rings. The lowest BCUT2D eigenvalue weighted by atomic mass is 10.2. The number of hydrogen-bond donors (Lipinski definition) is 1. The highest BCUT2D eigenvalue weighted by molar-refractivity contribution is 6.36. The van der Waals surface area contributed by atoms with E-state index in [-0.39, 0.29) is 21.6 Å². The monoisotopic (exact) mass is 247 g/mol. The van der Waals surface area contributed by atoms with Crippen molar-refractivity contribution in [1.29, 1.82) is 0 Å². The largest absolute Gasteiger partial charge is 0.465 e. The second-order valence-electron chi connectivity index (χ2n) is 2.40. The molecular weight excluding hydrogens is 241 g/mol. The van der Waals surface area contributed by atoms with E-state index < -0.39 is 5.97 Å². The van der Waals surface area contributed by atoms with E-state index in [4.69, 9.17) is 28.9 Å². The first-order chi connectivity index (χ1) is 7.10. The number of nitrogens with zero attached hydrogens (tertiary/aromatic N) is 2. The number of methoxy groups -OCH3 is 1. The number of esters is 1. The number of carbonyl (C=O) groups is 1. The molecule has 0 saturated heterocycles. The Morgan fingerprint density at radius 2 is 2.33 bits per heavy atom. The second kappa shape index (κ2) is 4.95. The summed E-state index contributed by atoms with van der Waals surface area (Å²) in [6.07, 6.45) is 0.988. The van der Waals surface area contributed by atoms with E-state index >= 15 is 0 Å². The van der Waals surface area contributed by atoms with Crippen molar-refractivity contribution in [3.05, 3.63) is 21.8 Å². The molecule has 1 rings (SSSR count). The molecule has 7 heteroatoms. The molecule has 0 aliphatic heterocycles. The van der Waals surface area contributed by atoms with Crippen LogP contribution in [0, 0.1) is 0 Å². The lowest BCUT2D eigenvalue weighted by Gasteiger charge is -2.05. The van der Waals surface area contributed by atoms with Crippen molar-refractivity contribution in [3.8, 4) is 0 Å². The zero-order valence-electron chi connectivity index (χ0n) is 7.70. The molecule has 0 unspecified atom stereocenters. The summed E-state index contributed by atoms with van der Waals surface area (Å²) in [7, 11) is 1.23. The van der Waals surface area contributed by atoms with Crippen LogP contribution in [-0.2, 0) is 4.74 Å². The average molecular weight is 248 g/mol.